The molecule has 0 aliphatic carbocycles. The van der Waals surface area contributed by atoms with Crippen LogP contribution in [0.3, 0.4) is 0 Å². The van der Waals surface area contributed by atoms with Crippen LogP contribution in [0.15, 0.2) is 23.1 Å². The van der Waals surface area contributed by atoms with Crippen molar-refractivity contribution in [1.29, 1.82) is 0 Å². The summed E-state index contributed by atoms with van der Waals surface area (Å²) in [4.78, 5) is 9.41. The molecule has 1 rings (SSSR count). The Morgan fingerprint density at radius 1 is 1.25 bits per heavy atom. The van der Waals surface area contributed by atoms with Crippen LogP contribution in [0.5, 0.6) is 5.75 Å². The number of nitrogens with zero attached hydrogens (tertiary/aromatic N) is 1. The Hall–Kier alpha value is -1.39. The number of halogens is 1. The minimum absolute atomic E-state index is 0.112. The van der Waals surface area contributed by atoms with Crippen molar-refractivity contribution >= 4 is 35.3 Å². The third-order valence-electron chi connectivity index (χ3n) is 2.29. The number of hydrogen-bond donors (Lipinski definition) is 0. The van der Waals surface area contributed by atoms with E-state index in [1.807, 2.05) is 0 Å². The minimum Gasteiger partial charge on any atom is -0.497 e. The Bertz CT molecular complexity index is 727. The topological polar surface area (TPSA) is 121 Å². The SMILES string of the molecule is COc1ccc(S(=O)(=O)CCS(=O)(=O)Cl)c([N+](=O)[O-])c1. The highest BCUT2D eigenvalue weighted by Gasteiger charge is 2.27. The molecule has 0 saturated carbocycles. The first-order chi connectivity index (χ1) is 9.07. The standard InChI is InChI=1S/C9H10ClNO7S2/c1-18-7-2-3-9(8(6-7)11(12)13)19(14,15)4-5-20(10,16)17/h2-3,6H,4-5H2,1H3. The lowest BCUT2D eigenvalue weighted by molar-refractivity contribution is -0.387. The van der Waals surface area contributed by atoms with Crippen molar-refractivity contribution in [3.05, 3.63) is 28.3 Å². The molecule has 0 radical (unpaired) electrons. The third-order valence-corrected chi connectivity index (χ3v) is 5.46. The van der Waals surface area contributed by atoms with E-state index in [0.717, 1.165) is 12.1 Å². The van der Waals surface area contributed by atoms with E-state index in [9.17, 15) is 26.9 Å². The molecule has 0 aromatic heterocycles. The largest absolute Gasteiger partial charge is 0.497 e. The second-order valence-corrected chi connectivity index (χ2v) is 8.63. The van der Waals surface area contributed by atoms with Gasteiger partial charge in [-0.05, 0) is 12.1 Å². The fraction of sp³-hybridized carbons (Fsp3) is 0.333. The average molecular weight is 344 g/mol. The summed E-state index contributed by atoms with van der Waals surface area (Å²) < 4.78 is 50.2. The van der Waals surface area contributed by atoms with E-state index >= 15 is 0 Å². The predicted molar refractivity (Wildman–Crippen MR) is 71.3 cm³/mol. The highest BCUT2D eigenvalue weighted by atomic mass is 35.7. The van der Waals surface area contributed by atoms with Gasteiger partial charge < -0.3 is 4.74 Å². The van der Waals surface area contributed by atoms with E-state index < -0.39 is 45.9 Å². The maximum atomic E-state index is 11.9. The van der Waals surface area contributed by atoms with Crippen molar-refractivity contribution in [2.75, 3.05) is 18.6 Å². The van der Waals surface area contributed by atoms with Crippen molar-refractivity contribution in [2.24, 2.45) is 0 Å². The average Bonchev–Trinajstić information content (AvgIpc) is 2.35. The number of nitro benzene ring substituents is 1. The lowest BCUT2D eigenvalue weighted by Crippen LogP contribution is -2.15. The van der Waals surface area contributed by atoms with E-state index in [2.05, 4.69) is 0 Å². The maximum absolute atomic E-state index is 11.9. The molecule has 0 saturated heterocycles. The van der Waals surface area contributed by atoms with Crippen LogP contribution in [-0.2, 0) is 18.9 Å². The molecule has 112 valence electrons. The third kappa shape index (κ3) is 4.32. The monoisotopic (exact) mass is 343 g/mol. The predicted octanol–water partition coefficient (Wildman–Crippen LogP) is 0.946. The Morgan fingerprint density at radius 2 is 1.85 bits per heavy atom. The Kier molecular flexibility index (Phi) is 4.95. The normalized spacial score (nSPS) is 12.1. The first-order valence-corrected chi connectivity index (χ1v) is 9.17. The Labute approximate surface area is 119 Å². The van der Waals surface area contributed by atoms with E-state index in [-0.39, 0.29) is 5.75 Å². The summed E-state index contributed by atoms with van der Waals surface area (Å²) in [6.45, 7) is 0. The van der Waals surface area contributed by atoms with Crippen LogP contribution < -0.4 is 4.74 Å². The molecule has 0 N–H and O–H groups in total. The Balaban J connectivity index is 3.27. The van der Waals surface area contributed by atoms with E-state index in [1.54, 1.807) is 0 Å². The summed E-state index contributed by atoms with van der Waals surface area (Å²) in [6, 6.07) is 3.17. The highest BCUT2D eigenvalue weighted by molar-refractivity contribution is 8.14. The molecule has 0 spiro atoms. The van der Waals surface area contributed by atoms with Crippen LogP contribution in [0.2, 0.25) is 0 Å². The van der Waals surface area contributed by atoms with Gasteiger partial charge in [0.1, 0.15) is 10.6 Å². The van der Waals surface area contributed by atoms with Gasteiger partial charge in [-0.1, -0.05) is 0 Å². The summed E-state index contributed by atoms with van der Waals surface area (Å²) in [5.41, 5.74) is -0.684. The summed E-state index contributed by atoms with van der Waals surface area (Å²) >= 11 is 0. The van der Waals surface area contributed by atoms with Crippen LogP contribution >= 0.6 is 10.7 Å². The summed E-state index contributed by atoms with van der Waals surface area (Å²) in [5, 5.41) is 10.9. The van der Waals surface area contributed by atoms with Crippen LogP contribution in [0.4, 0.5) is 5.69 Å². The number of nitro groups is 1. The molecule has 11 heteroatoms. The first-order valence-electron chi connectivity index (χ1n) is 5.04. The van der Waals surface area contributed by atoms with Gasteiger partial charge in [0.25, 0.3) is 5.69 Å². The van der Waals surface area contributed by atoms with Gasteiger partial charge in [0, 0.05) is 10.7 Å². The molecule has 8 nitrogen and oxygen atoms in total. The van der Waals surface area contributed by atoms with Gasteiger partial charge in [0.05, 0.1) is 29.6 Å². The molecular formula is C9H10ClNO7S2. The zero-order chi connectivity index (χ0) is 15.6. The quantitative estimate of drug-likeness (QED) is 0.428. The second kappa shape index (κ2) is 5.94. The van der Waals surface area contributed by atoms with Gasteiger partial charge in [0.15, 0.2) is 9.84 Å². The minimum atomic E-state index is -4.15. The molecule has 1 aromatic carbocycles. The molecule has 0 aliphatic heterocycles. The fourth-order valence-corrected chi connectivity index (χ4v) is 4.54. The van der Waals surface area contributed by atoms with Gasteiger partial charge in [-0.15, -0.1) is 0 Å². The van der Waals surface area contributed by atoms with Crippen LogP contribution in [0, 0.1) is 10.1 Å². The van der Waals surface area contributed by atoms with Gasteiger partial charge in [0.2, 0.25) is 9.05 Å². The van der Waals surface area contributed by atoms with Crippen molar-refractivity contribution in [3.8, 4) is 5.75 Å². The van der Waals surface area contributed by atoms with Gasteiger partial charge in [-0.2, -0.15) is 0 Å². The highest BCUT2D eigenvalue weighted by Crippen LogP contribution is 2.29. The number of sulfone groups is 1. The molecule has 0 unspecified atom stereocenters. The van der Waals surface area contributed by atoms with Crippen molar-refractivity contribution in [3.63, 3.8) is 0 Å². The molecule has 0 aliphatic rings. The van der Waals surface area contributed by atoms with Gasteiger partial charge >= 0.3 is 0 Å². The maximum Gasteiger partial charge on any atom is 0.291 e. The molecule has 20 heavy (non-hydrogen) atoms. The summed E-state index contributed by atoms with van der Waals surface area (Å²) in [5.74, 6) is -1.56. The first kappa shape index (κ1) is 16.7. The van der Waals surface area contributed by atoms with Crippen LogP contribution in [-0.4, -0.2) is 40.4 Å². The molecule has 0 fully saturated rings. The van der Waals surface area contributed by atoms with Crippen molar-refractivity contribution in [1.82, 2.24) is 0 Å². The van der Waals surface area contributed by atoms with E-state index in [1.165, 1.54) is 13.2 Å². The number of ether oxygens (including phenoxy) is 1. The smallest absolute Gasteiger partial charge is 0.291 e. The lowest BCUT2D eigenvalue weighted by Gasteiger charge is -2.06. The van der Waals surface area contributed by atoms with Crippen molar-refractivity contribution < 1.29 is 26.5 Å². The number of methoxy groups -OCH3 is 1. The molecule has 0 heterocycles. The molecular weight excluding hydrogens is 334 g/mol. The molecule has 0 amide bonds. The molecule has 0 atom stereocenters. The fourth-order valence-electron chi connectivity index (χ4n) is 1.35. The lowest BCUT2D eigenvalue weighted by atomic mass is 10.3. The number of benzene rings is 1. The van der Waals surface area contributed by atoms with E-state index in [0.29, 0.717) is 0 Å². The second-order valence-electron chi connectivity index (χ2n) is 3.65. The van der Waals surface area contributed by atoms with Gasteiger partial charge in [-0.3, -0.25) is 10.1 Å². The van der Waals surface area contributed by atoms with Crippen molar-refractivity contribution in [2.45, 2.75) is 4.90 Å². The molecule has 0 bridgehead atoms. The van der Waals surface area contributed by atoms with Gasteiger partial charge in [-0.25, -0.2) is 16.8 Å². The number of hydrogen-bond acceptors (Lipinski definition) is 7. The Morgan fingerprint density at radius 3 is 2.30 bits per heavy atom. The van der Waals surface area contributed by atoms with Crippen LogP contribution in [0.1, 0.15) is 0 Å². The summed E-state index contributed by atoms with van der Waals surface area (Å²) in [7, 11) is -1.97. The summed E-state index contributed by atoms with van der Waals surface area (Å²) in [6.07, 6.45) is 0. The van der Waals surface area contributed by atoms with Crippen LogP contribution in [0.25, 0.3) is 0 Å². The molecule has 1 aromatic rings. The zero-order valence-electron chi connectivity index (χ0n) is 10.1. The number of rotatable bonds is 6. The zero-order valence-corrected chi connectivity index (χ0v) is 12.5. The van der Waals surface area contributed by atoms with E-state index in [4.69, 9.17) is 15.4 Å².